The molecule has 1 aliphatic carbocycles. The Balaban J connectivity index is 1.41. The van der Waals surface area contributed by atoms with Gasteiger partial charge in [-0.1, -0.05) is 18.2 Å². The van der Waals surface area contributed by atoms with E-state index in [1.807, 2.05) is 18.8 Å². The summed E-state index contributed by atoms with van der Waals surface area (Å²) in [6.07, 6.45) is 3.99. The van der Waals surface area contributed by atoms with Crippen LogP contribution >= 0.6 is 11.8 Å². The van der Waals surface area contributed by atoms with Gasteiger partial charge in [-0.3, -0.25) is 9.89 Å². The smallest absolute Gasteiger partial charge is 0.193 e. The number of nitrogens with one attached hydrogen (secondary N) is 1. The molecular weight excluding hydrogens is 328 g/mol. The Morgan fingerprint density at radius 2 is 2.08 bits per heavy atom. The Hall–Kier alpha value is -1.20. The molecule has 2 unspecified atom stereocenters. The van der Waals surface area contributed by atoms with Crippen molar-refractivity contribution in [1.82, 2.24) is 15.1 Å². The van der Waals surface area contributed by atoms with Crippen molar-refractivity contribution in [3.05, 3.63) is 30.3 Å². The Morgan fingerprint density at radius 3 is 2.76 bits per heavy atom. The molecule has 1 aromatic carbocycles. The van der Waals surface area contributed by atoms with E-state index in [-0.39, 0.29) is 0 Å². The Labute approximate surface area is 157 Å². The first-order valence-electron chi connectivity index (χ1n) is 9.52. The summed E-state index contributed by atoms with van der Waals surface area (Å²) in [7, 11) is 4.16. The molecule has 1 aliphatic heterocycles. The van der Waals surface area contributed by atoms with E-state index in [1.165, 1.54) is 29.9 Å². The lowest BCUT2D eigenvalue weighted by atomic mass is 10.2. The number of likely N-dealkylation sites (tertiary alicyclic amines) is 1. The zero-order valence-electron chi connectivity index (χ0n) is 15.8. The van der Waals surface area contributed by atoms with Gasteiger partial charge in [-0.05, 0) is 51.3 Å². The number of thioether (sulfide) groups is 1. The van der Waals surface area contributed by atoms with Gasteiger partial charge in [0.25, 0.3) is 0 Å². The molecule has 5 heteroatoms. The molecule has 0 radical (unpaired) electrons. The van der Waals surface area contributed by atoms with Crippen LogP contribution in [0.4, 0.5) is 0 Å². The van der Waals surface area contributed by atoms with E-state index in [1.54, 1.807) is 0 Å². The first-order valence-corrected chi connectivity index (χ1v) is 10.5. The quantitative estimate of drug-likeness (QED) is 0.460. The summed E-state index contributed by atoms with van der Waals surface area (Å²) in [6, 6.07) is 12.1. The van der Waals surface area contributed by atoms with Crippen molar-refractivity contribution < 1.29 is 0 Å². The second kappa shape index (κ2) is 8.95. The van der Waals surface area contributed by atoms with Gasteiger partial charge in [0.2, 0.25) is 0 Å². The van der Waals surface area contributed by atoms with E-state index in [0.29, 0.717) is 6.04 Å². The maximum absolute atomic E-state index is 4.52. The van der Waals surface area contributed by atoms with Crippen LogP contribution in [0.3, 0.4) is 0 Å². The van der Waals surface area contributed by atoms with E-state index in [9.17, 15) is 0 Å². The second-order valence-corrected chi connectivity index (χ2v) is 8.49. The van der Waals surface area contributed by atoms with Gasteiger partial charge < -0.3 is 10.2 Å². The number of rotatable bonds is 7. The van der Waals surface area contributed by atoms with E-state index < -0.39 is 0 Å². The first kappa shape index (κ1) is 18.6. The van der Waals surface area contributed by atoms with Crippen molar-refractivity contribution in [2.24, 2.45) is 10.9 Å². The average molecular weight is 361 g/mol. The molecule has 1 heterocycles. The summed E-state index contributed by atoms with van der Waals surface area (Å²) in [4.78, 5) is 10.8. The van der Waals surface area contributed by atoms with Gasteiger partial charge >= 0.3 is 0 Å². The molecule has 2 aliphatic rings. The maximum Gasteiger partial charge on any atom is 0.193 e. The lowest BCUT2D eigenvalue weighted by molar-refractivity contribution is 0.246. The summed E-state index contributed by atoms with van der Waals surface area (Å²) in [5.41, 5.74) is 0. The highest BCUT2D eigenvalue weighted by molar-refractivity contribution is 7.99. The number of likely N-dealkylation sites (N-methyl/N-ethyl adjacent to an activating group) is 1. The minimum atomic E-state index is 0.552. The highest BCUT2D eigenvalue weighted by Gasteiger charge is 2.30. The van der Waals surface area contributed by atoms with Crippen LogP contribution in [0.25, 0.3) is 0 Å². The normalized spacial score (nSPS) is 22.5. The third kappa shape index (κ3) is 5.38. The molecule has 1 N–H and O–H groups in total. The molecule has 0 amide bonds. The van der Waals surface area contributed by atoms with Crippen molar-refractivity contribution in [1.29, 1.82) is 0 Å². The predicted molar refractivity (Wildman–Crippen MR) is 108 cm³/mol. The molecule has 2 atom stereocenters. The first-order chi connectivity index (χ1) is 12.2. The summed E-state index contributed by atoms with van der Waals surface area (Å²) < 4.78 is 0. The van der Waals surface area contributed by atoms with Crippen molar-refractivity contribution in [3.8, 4) is 0 Å². The molecule has 1 aromatic rings. The summed E-state index contributed by atoms with van der Waals surface area (Å²) >= 11 is 1.98. The van der Waals surface area contributed by atoms with Crippen LogP contribution in [-0.4, -0.2) is 67.3 Å². The van der Waals surface area contributed by atoms with Crippen LogP contribution in [0.5, 0.6) is 0 Å². The number of hydrogen-bond donors (Lipinski definition) is 1. The van der Waals surface area contributed by atoms with Gasteiger partial charge in [-0.15, -0.1) is 11.8 Å². The fourth-order valence-corrected chi connectivity index (χ4v) is 4.50. The van der Waals surface area contributed by atoms with Gasteiger partial charge in [0.05, 0.1) is 0 Å². The Bertz CT molecular complexity index is 558. The van der Waals surface area contributed by atoms with E-state index >= 15 is 0 Å². The maximum atomic E-state index is 4.52. The standard InChI is InChI=1S/C20H32N4S/c1-16(23(3)18-9-10-18)13-22-20(21-2)24-12-11-17(14-24)15-25-19-7-5-4-6-8-19/h4-8,16-18H,9-15H2,1-3H3,(H,21,22). The van der Waals surface area contributed by atoms with Crippen molar-refractivity contribution in [2.45, 2.75) is 43.2 Å². The summed E-state index contributed by atoms with van der Waals surface area (Å²) in [6.45, 7) is 5.51. The van der Waals surface area contributed by atoms with Crippen LogP contribution in [0, 0.1) is 5.92 Å². The van der Waals surface area contributed by atoms with Crippen LogP contribution in [0.2, 0.25) is 0 Å². The van der Waals surface area contributed by atoms with E-state index in [2.05, 4.69) is 64.4 Å². The molecule has 1 saturated carbocycles. The molecule has 0 bridgehead atoms. The number of aliphatic imine (C=N–C) groups is 1. The van der Waals surface area contributed by atoms with Gasteiger partial charge in [-0.25, -0.2) is 0 Å². The number of guanidine groups is 1. The summed E-state index contributed by atoms with van der Waals surface area (Å²) in [5, 5.41) is 3.60. The van der Waals surface area contributed by atoms with Crippen LogP contribution in [0.1, 0.15) is 26.2 Å². The second-order valence-electron chi connectivity index (χ2n) is 7.40. The van der Waals surface area contributed by atoms with E-state index in [4.69, 9.17) is 0 Å². The zero-order valence-corrected chi connectivity index (χ0v) is 16.6. The molecule has 3 rings (SSSR count). The number of hydrogen-bond acceptors (Lipinski definition) is 3. The minimum Gasteiger partial charge on any atom is -0.355 e. The SMILES string of the molecule is CN=C(NCC(C)N(C)C1CC1)N1CCC(CSc2ccccc2)C1. The van der Waals surface area contributed by atoms with Crippen molar-refractivity contribution >= 4 is 17.7 Å². The molecular formula is C20H32N4S. The average Bonchev–Trinajstić information content (AvgIpc) is 3.39. The van der Waals surface area contributed by atoms with Crippen LogP contribution < -0.4 is 5.32 Å². The predicted octanol–water partition coefficient (Wildman–Crippen LogP) is 3.16. The van der Waals surface area contributed by atoms with Gasteiger partial charge in [0.1, 0.15) is 0 Å². The van der Waals surface area contributed by atoms with Crippen LogP contribution in [0.15, 0.2) is 40.2 Å². The van der Waals surface area contributed by atoms with Gasteiger partial charge in [0.15, 0.2) is 5.96 Å². The van der Waals surface area contributed by atoms with E-state index in [0.717, 1.165) is 37.6 Å². The van der Waals surface area contributed by atoms with Crippen molar-refractivity contribution in [3.63, 3.8) is 0 Å². The van der Waals surface area contributed by atoms with Gasteiger partial charge in [0, 0.05) is 49.4 Å². The molecule has 4 nitrogen and oxygen atoms in total. The van der Waals surface area contributed by atoms with Gasteiger partial charge in [-0.2, -0.15) is 0 Å². The molecule has 25 heavy (non-hydrogen) atoms. The zero-order chi connectivity index (χ0) is 17.6. The Morgan fingerprint density at radius 1 is 1.32 bits per heavy atom. The lowest BCUT2D eigenvalue weighted by Gasteiger charge is -2.28. The third-order valence-corrected chi connectivity index (χ3v) is 6.64. The lowest BCUT2D eigenvalue weighted by Crippen LogP contribution is -2.46. The highest BCUT2D eigenvalue weighted by Crippen LogP contribution is 2.27. The fourth-order valence-electron chi connectivity index (χ4n) is 3.45. The summed E-state index contributed by atoms with van der Waals surface area (Å²) in [5.74, 6) is 3.01. The monoisotopic (exact) mass is 360 g/mol. The fraction of sp³-hybridized carbons (Fsp3) is 0.650. The van der Waals surface area contributed by atoms with Crippen molar-refractivity contribution in [2.75, 3.05) is 39.5 Å². The topological polar surface area (TPSA) is 30.9 Å². The molecule has 0 aromatic heterocycles. The number of nitrogens with zero attached hydrogens (tertiary/aromatic N) is 3. The van der Waals surface area contributed by atoms with Crippen LogP contribution in [-0.2, 0) is 0 Å². The molecule has 2 fully saturated rings. The molecule has 138 valence electrons. The molecule has 0 spiro atoms. The number of benzene rings is 1. The highest BCUT2D eigenvalue weighted by atomic mass is 32.2. The third-order valence-electron chi connectivity index (χ3n) is 5.40. The molecule has 1 saturated heterocycles. The Kier molecular flexibility index (Phi) is 6.65. The largest absolute Gasteiger partial charge is 0.355 e. The minimum absolute atomic E-state index is 0.552.